The van der Waals surface area contributed by atoms with Crippen LogP contribution < -0.4 is 15.0 Å². The summed E-state index contributed by atoms with van der Waals surface area (Å²) in [7, 11) is 1.49. The molecule has 164 valence electrons. The number of nitrogens with one attached hydrogen (secondary N) is 1. The molecule has 1 atom stereocenters. The molecule has 31 heavy (non-hydrogen) atoms. The van der Waals surface area contributed by atoms with Crippen LogP contribution in [0.5, 0.6) is 5.75 Å². The number of carbonyl (C=O) groups excluding carboxylic acids is 3. The predicted octanol–water partition coefficient (Wildman–Crippen LogP) is 3.25. The number of anilines is 2. The van der Waals surface area contributed by atoms with Crippen molar-refractivity contribution >= 4 is 29.2 Å². The molecule has 0 aromatic heterocycles. The molecule has 0 aliphatic carbocycles. The summed E-state index contributed by atoms with van der Waals surface area (Å²) in [6, 6.07) is 11.2. The smallest absolute Gasteiger partial charge is 0.418 e. The van der Waals surface area contributed by atoms with E-state index in [1.54, 1.807) is 24.3 Å². The minimum absolute atomic E-state index is 0.0589. The van der Waals surface area contributed by atoms with E-state index in [9.17, 15) is 27.6 Å². The van der Waals surface area contributed by atoms with Gasteiger partial charge >= 0.3 is 12.1 Å². The number of esters is 1. The molecule has 1 aliphatic rings. The van der Waals surface area contributed by atoms with E-state index >= 15 is 0 Å². The van der Waals surface area contributed by atoms with E-state index in [4.69, 9.17) is 9.47 Å². The Morgan fingerprint density at radius 2 is 1.90 bits per heavy atom. The molecule has 1 N–H and O–H groups in total. The highest BCUT2D eigenvalue weighted by Crippen LogP contribution is 2.34. The second-order valence-electron chi connectivity index (χ2n) is 6.81. The third-order valence-electron chi connectivity index (χ3n) is 4.68. The second kappa shape index (κ2) is 9.07. The Morgan fingerprint density at radius 1 is 1.16 bits per heavy atom. The average Bonchev–Trinajstić information content (AvgIpc) is 3.13. The van der Waals surface area contributed by atoms with Crippen LogP contribution in [-0.2, 0) is 25.3 Å². The zero-order valence-corrected chi connectivity index (χ0v) is 16.4. The fraction of sp³-hybridized carbons (Fsp3) is 0.286. The lowest BCUT2D eigenvalue weighted by molar-refractivity contribution is -0.151. The first kappa shape index (κ1) is 22.1. The molecule has 0 radical (unpaired) electrons. The molecule has 1 heterocycles. The Balaban J connectivity index is 1.57. The van der Waals surface area contributed by atoms with Gasteiger partial charge in [0.2, 0.25) is 5.91 Å². The summed E-state index contributed by atoms with van der Waals surface area (Å²) in [4.78, 5) is 38.0. The van der Waals surface area contributed by atoms with Crippen molar-refractivity contribution < 1.29 is 37.0 Å². The molecule has 3 rings (SSSR count). The van der Waals surface area contributed by atoms with Crippen LogP contribution in [0.4, 0.5) is 24.5 Å². The van der Waals surface area contributed by atoms with Crippen LogP contribution in [0.25, 0.3) is 0 Å². The zero-order chi connectivity index (χ0) is 22.6. The Hall–Kier alpha value is -3.56. The summed E-state index contributed by atoms with van der Waals surface area (Å²) in [5.74, 6) is -2.24. The van der Waals surface area contributed by atoms with Gasteiger partial charge in [-0.3, -0.25) is 14.4 Å². The van der Waals surface area contributed by atoms with Crippen molar-refractivity contribution in [1.29, 1.82) is 0 Å². The molecule has 2 amide bonds. The summed E-state index contributed by atoms with van der Waals surface area (Å²) in [6.07, 6.45) is -4.75. The van der Waals surface area contributed by atoms with Crippen molar-refractivity contribution in [1.82, 2.24) is 0 Å². The quantitative estimate of drug-likeness (QED) is 0.703. The summed E-state index contributed by atoms with van der Waals surface area (Å²) < 4.78 is 49.0. The van der Waals surface area contributed by atoms with Gasteiger partial charge in [0.15, 0.2) is 6.61 Å². The molecular formula is C21H19F3N2O5. The van der Waals surface area contributed by atoms with E-state index < -0.39 is 41.8 Å². The maximum atomic E-state index is 13.0. The lowest BCUT2D eigenvalue weighted by Gasteiger charge is -2.17. The van der Waals surface area contributed by atoms with Gasteiger partial charge in [-0.25, -0.2) is 0 Å². The van der Waals surface area contributed by atoms with Crippen LogP contribution in [0.1, 0.15) is 12.0 Å². The van der Waals surface area contributed by atoms with Crippen molar-refractivity contribution in [3.05, 3.63) is 54.1 Å². The predicted molar refractivity (Wildman–Crippen MR) is 104 cm³/mol. The summed E-state index contributed by atoms with van der Waals surface area (Å²) in [5.41, 5.74) is -0.887. The third kappa shape index (κ3) is 5.33. The van der Waals surface area contributed by atoms with E-state index in [2.05, 4.69) is 5.32 Å². The number of carbonyl (C=O) groups is 3. The van der Waals surface area contributed by atoms with Gasteiger partial charge < -0.3 is 19.7 Å². The number of hydrogen-bond donors (Lipinski definition) is 1. The number of alkyl halides is 3. The Bertz CT molecular complexity index is 993. The molecule has 2 aromatic carbocycles. The van der Waals surface area contributed by atoms with Gasteiger partial charge in [0, 0.05) is 24.7 Å². The molecule has 0 saturated carbocycles. The fourth-order valence-electron chi connectivity index (χ4n) is 3.17. The SMILES string of the molecule is COc1cccc(N2C[C@@H](C(=O)OCC(=O)Nc3ccccc3C(F)(F)F)CC2=O)c1. The monoisotopic (exact) mass is 436 g/mol. The van der Waals surface area contributed by atoms with E-state index in [1.165, 1.54) is 24.1 Å². The van der Waals surface area contributed by atoms with E-state index in [0.29, 0.717) is 11.4 Å². The van der Waals surface area contributed by atoms with Crippen molar-refractivity contribution in [2.45, 2.75) is 12.6 Å². The molecule has 0 unspecified atom stereocenters. The molecule has 0 bridgehead atoms. The number of para-hydroxylation sites is 1. The highest BCUT2D eigenvalue weighted by molar-refractivity contribution is 6.00. The van der Waals surface area contributed by atoms with Crippen LogP contribution in [0, 0.1) is 5.92 Å². The minimum Gasteiger partial charge on any atom is -0.497 e. The number of rotatable bonds is 6. The molecular weight excluding hydrogens is 417 g/mol. The molecule has 0 spiro atoms. The molecule has 2 aromatic rings. The van der Waals surface area contributed by atoms with Crippen molar-refractivity contribution in [2.24, 2.45) is 5.92 Å². The first-order valence-corrected chi connectivity index (χ1v) is 9.26. The van der Waals surface area contributed by atoms with Crippen molar-refractivity contribution in [3.8, 4) is 5.75 Å². The van der Waals surface area contributed by atoms with Crippen molar-refractivity contribution in [2.75, 3.05) is 30.5 Å². The van der Waals surface area contributed by atoms with Crippen LogP contribution in [0.2, 0.25) is 0 Å². The summed E-state index contributed by atoms with van der Waals surface area (Å²) in [6.45, 7) is -0.710. The standard InChI is InChI=1S/C21H19F3N2O5/c1-30-15-6-4-5-14(10-15)26-11-13(9-19(26)28)20(29)31-12-18(27)25-17-8-3-2-7-16(17)21(22,23)24/h2-8,10,13H,9,11-12H2,1H3,(H,25,27)/t13-/m0/s1. The van der Waals surface area contributed by atoms with Crippen molar-refractivity contribution in [3.63, 3.8) is 0 Å². The normalized spacial score (nSPS) is 16.2. The lowest BCUT2D eigenvalue weighted by atomic mass is 10.1. The zero-order valence-electron chi connectivity index (χ0n) is 16.4. The minimum atomic E-state index is -4.64. The van der Waals surface area contributed by atoms with Crippen LogP contribution in [-0.4, -0.2) is 38.0 Å². The van der Waals surface area contributed by atoms with Crippen LogP contribution >= 0.6 is 0 Å². The van der Waals surface area contributed by atoms with E-state index in [1.807, 2.05) is 0 Å². The van der Waals surface area contributed by atoms with Gasteiger partial charge in [-0.05, 0) is 24.3 Å². The number of nitrogens with zero attached hydrogens (tertiary/aromatic N) is 1. The largest absolute Gasteiger partial charge is 0.497 e. The topological polar surface area (TPSA) is 84.9 Å². The van der Waals surface area contributed by atoms with Gasteiger partial charge in [0.25, 0.3) is 5.91 Å². The average molecular weight is 436 g/mol. The molecule has 1 aliphatic heterocycles. The summed E-state index contributed by atoms with van der Waals surface area (Å²) >= 11 is 0. The van der Waals surface area contributed by atoms with E-state index in [0.717, 1.165) is 12.1 Å². The maximum absolute atomic E-state index is 13.0. The highest BCUT2D eigenvalue weighted by atomic mass is 19.4. The Kier molecular flexibility index (Phi) is 6.47. The fourth-order valence-corrected chi connectivity index (χ4v) is 3.17. The molecule has 1 saturated heterocycles. The van der Waals surface area contributed by atoms with Crippen LogP contribution in [0.15, 0.2) is 48.5 Å². The second-order valence-corrected chi connectivity index (χ2v) is 6.81. The summed E-state index contributed by atoms with van der Waals surface area (Å²) in [5, 5.41) is 2.09. The van der Waals surface area contributed by atoms with Crippen LogP contribution in [0.3, 0.4) is 0 Å². The van der Waals surface area contributed by atoms with Gasteiger partial charge in [-0.1, -0.05) is 18.2 Å². The lowest BCUT2D eigenvalue weighted by Crippen LogP contribution is -2.28. The van der Waals surface area contributed by atoms with Gasteiger partial charge in [0.05, 0.1) is 24.3 Å². The number of methoxy groups -OCH3 is 1. The van der Waals surface area contributed by atoms with Gasteiger partial charge in [0.1, 0.15) is 5.75 Å². The highest BCUT2D eigenvalue weighted by Gasteiger charge is 2.37. The molecule has 1 fully saturated rings. The molecule has 7 nitrogen and oxygen atoms in total. The molecule has 10 heteroatoms. The maximum Gasteiger partial charge on any atom is 0.418 e. The first-order chi connectivity index (χ1) is 14.7. The first-order valence-electron chi connectivity index (χ1n) is 9.26. The Labute approximate surface area is 175 Å². The van der Waals surface area contributed by atoms with Gasteiger partial charge in [-0.15, -0.1) is 0 Å². The third-order valence-corrected chi connectivity index (χ3v) is 4.68. The van der Waals surface area contributed by atoms with Gasteiger partial charge in [-0.2, -0.15) is 13.2 Å². The number of ether oxygens (including phenoxy) is 2. The number of benzene rings is 2. The number of amides is 2. The number of halogens is 3. The Morgan fingerprint density at radius 3 is 2.61 bits per heavy atom. The van der Waals surface area contributed by atoms with E-state index in [-0.39, 0.29) is 18.9 Å². The number of hydrogen-bond acceptors (Lipinski definition) is 5.